The molecule has 0 spiro atoms. The number of H-pyrrole nitrogens is 2. The lowest BCUT2D eigenvalue weighted by Gasteiger charge is -2.36. The first-order chi connectivity index (χ1) is 14.2. The third-order valence-electron chi connectivity index (χ3n) is 5.19. The normalized spacial score (nSPS) is 17.0. The van der Waals surface area contributed by atoms with Crippen LogP contribution >= 0.6 is 11.6 Å². The van der Waals surface area contributed by atoms with Gasteiger partial charge in [0.25, 0.3) is 5.91 Å². The third kappa shape index (κ3) is 3.28. The van der Waals surface area contributed by atoms with E-state index in [0.717, 1.165) is 22.2 Å². The third-order valence-corrected chi connectivity index (χ3v) is 5.42. The number of hydrogen-bond acceptors (Lipinski definition) is 4. The smallest absolute Gasteiger partial charge is 0.256 e. The topological polar surface area (TPSA) is 86.9 Å². The molecule has 146 valence electrons. The molecule has 1 amide bonds. The second kappa shape index (κ2) is 7.35. The van der Waals surface area contributed by atoms with Crippen LogP contribution in [-0.4, -0.2) is 50.7 Å². The highest BCUT2D eigenvalue weighted by molar-refractivity contribution is 6.30. The van der Waals surface area contributed by atoms with Gasteiger partial charge in [-0.15, -0.1) is 0 Å². The summed E-state index contributed by atoms with van der Waals surface area (Å²) >= 11 is 6.16. The average Bonchev–Trinajstić information content (AvgIpc) is 3.43. The van der Waals surface area contributed by atoms with Crippen molar-refractivity contribution in [2.24, 2.45) is 0 Å². The number of benzene rings is 1. The molecule has 0 bridgehead atoms. The second-order valence-corrected chi connectivity index (χ2v) is 7.36. The summed E-state index contributed by atoms with van der Waals surface area (Å²) < 4.78 is 5.65. The zero-order valence-corrected chi connectivity index (χ0v) is 16.2. The predicted molar refractivity (Wildman–Crippen MR) is 110 cm³/mol. The van der Waals surface area contributed by atoms with E-state index in [9.17, 15) is 4.79 Å². The number of halogens is 1. The van der Waals surface area contributed by atoms with Gasteiger partial charge in [-0.3, -0.25) is 9.89 Å². The highest BCUT2D eigenvalue weighted by Gasteiger charge is 2.30. The van der Waals surface area contributed by atoms with Crippen LogP contribution in [0.15, 0.2) is 55.0 Å². The molecule has 0 radical (unpaired) electrons. The fourth-order valence-corrected chi connectivity index (χ4v) is 3.92. The maximum atomic E-state index is 13.4. The Morgan fingerprint density at radius 2 is 2.17 bits per heavy atom. The molecule has 8 heteroatoms. The molecular weight excluding hydrogens is 390 g/mol. The molecule has 0 aliphatic carbocycles. The first kappa shape index (κ1) is 17.9. The highest BCUT2D eigenvalue weighted by atomic mass is 35.5. The van der Waals surface area contributed by atoms with Crippen LogP contribution in [0.5, 0.6) is 0 Å². The Morgan fingerprint density at radius 1 is 1.24 bits per heavy atom. The number of pyridine rings is 1. The van der Waals surface area contributed by atoms with E-state index in [0.29, 0.717) is 36.0 Å². The minimum Gasteiger partial charge on any atom is -0.377 e. The number of nitrogens with one attached hydrogen (secondary N) is 2. The predicted octanol–water partition coefficient (Wildman–Crippen LogP) is 3.82. The maximum absolute atomic E-state index is 13.4. The monoisotopic (exact) mass is 407 g/mol. The first-order valence-corrected chi connectivity index (χ1v) is 9.70. The molecule has 5 rings (SSSR count). The summed E-state index contributed by atoms with van der Waals surface area (Å²) in [6.45, 7) is 1.47. The number of hydrogen-bond donors (Lipinski definition) is 2. The number of nitrogens with zero attached hydrogens (tertiary/aromatic N) is 3. The van der Waals surface area contributed by atoms with Gasteiger partial charge in [0.15, 0.2) is 0 Å². The molecule has 29 heavy (non-hydrogen) atoms. The van der Waals surface area contributed by atoms with Crippen LogP contribution in [0.25, 0.3) is 22.3 Å². The fraction of sp³-hybridized carbons (Fsp3) is 0.190. The number of carbonyl (C=O) groups is 1. The molecule has 3 aromatic heterocycles. The summed E-state index contributed by atoms with van der Waals surface area (Å²) in [7, 11) is 0. The van der Waals surface area contributed by atoms with Gasteiger partial charge in [0, 0.05) is 34.9 Å². The number of amides is 1. The summed E-state index contributed by atoms with van der Waals surface area (Å²) in [4.78, 5) is 23.0. The Bertz CT molecular complexity index is 1170. The van der Waals surface area contributed by atoms with Crippen molar-refractivity contribution < 1.29 is 9.53 Å². The van der Waals surface area contributed by atoms with E-state index in [-0.39, 0.29) is 11.9 Å². The number of carbonyl (C=O) groups excluding carboxylic acids is 1. The molecule has 2 N–H and O–H groups in total. The van der Waals surface area contributed by atoms with Gasteiger partial charge in [-0.1, -0.05) is 23.7 Å². The van der Waals surface area contributed by atoms with Crippen molar-refractivity contribution in [3.05, 3.63) is 71.1 Å². The van der Waals surface area contributed by atoms with Crippen molar-refractivity contribution in [2.45, 2.75) is 6.04 Å². The van der Waals surface area contributed by atoms with E-state index in [4.69, 9.17) is 16.3 Å². The largest absolute Gasteiger partial charge is 0.377 e. The zero-order chi connectivity index (χ0) is 19.8. The van der Waals surface area contributed by atoms with Crippen LogP contribution in [0.3, 0.4) is 0 Å². The lowest BCUT2D eigenvalue weighted by molar-refractivity contribution is -0.00258. The molecular formula is C21H18ClN5O2. The molecule has 0 saturated carbocycles. The Balaban J connectivity index is 1.49. The van der Waals surface area contributed by atoms with E-state index in [1.54, 1.807) is 18.6 Å². The summed E-state index contributed by atoms with van der Waals surface area (Å²) in [5, 5.41) is 8.18. The zero-order valence-electron chi connectivity index (χ0n) is 15.4. The molecule has 4 aromatic rings. The molecule has 4 heterocycles. The number of fused-ring (bicyclic) bond motifs is 1. The molecule has 1 aromatic carbocycles. The standard InChI is InChI=1S/C21H18ClN5O2/c22-15-3-1-2-13(8-15)19-12-29-7-6-27(19)21(28)17-11-23-20-16(17)4-5-18(26-20)14-9-24-25-10-14/h1-5,8-11,19H,6-7,12H2,(H,23,26)(H,24,25). The van der Waals surface area contributed by atoms with E-state index in [1.807, 2.05) is 41.3 Å². The molecule has 1 unspecified atom stereocenters. The Hall–Kier alpha value is -3.16. The summed E-state index contributed by atoms with van der Waals surface area (Å²) in [6, 6.07) is 11.2. The second-order valence-electron chi connectivity index (χ2n) is 6.93. The van der Waals surface area contributed by atoms with Gasteiger partial charge in [0.2, 0.25) is 0 Å². The number of aromatic nitrogens is 4. The minimum absolute atomic E-state index is 0.0533. The van der Waals surface area contributed by atoms with Crippen molar-refractivity contribution in [1.29, 1.82) is 0 Å². The lowest BCUT2D eigenvalue weighted by atomic mass is 10.0. The van der Waals surface area contributed by atoms with Crippen LogP contribution in [-0.2, 0) is 4.74 Å². The number of aromatic amines is 2. The minimum atomic E-state index is -0.182. The fourth-order valence-electron chi connectivity index (χ4n) is 3.72. The molecule has 1 atom stereocenters. The number of morpholine rings is 1. The van der Waals surface area contributed by atoms with Crippen LogP contribution in [0.1, 0.15) is 22.0 Å². The van der Waals surface area contributed by atoms with Gasteiger partial charge in [-0.05, 0) is 29.8 Å². The van der Waals surface area contributed by atoms with E-state index in [2.05, 4.69) is 20.2 Å². The summed E-state index contributed by atoms with van der Waals surface area (Å²) in [6.07, 6.45) is 5.22. The summed E-state index contributed by atoms with van der Waals surface area (Å²) in [5.74, 6) is -0.0533. The van der Waals surface area contributed by atoms with E-state index >= 15 is 0 Å². The van der Waals surface area contributed by atoms with Crippen LogP contribution in [0.4, 0.5) is 0 Å². The van der Waals surface area contributed by atoms with Gasteiger partial charge in [0.1, 0.15) is 5.65 Å². The van der Waals surface area contributed by atoms with Crippen molar-refractivity contribution >= 4 is 28.5 Å². The molecule has 1 saturated heterocycles. The quantitative estimate of drug-likeness (QED) is 0.540. The summed E-state index contributed by atoms with van der Waals surface area (Å²) in [5.41, 5.74) is 3.91. The van der Waals surface area contributed by atoms with Gasteiger partial charge in [-0.25, -0.2) is 4.98 Å². The Labute approximate surface area is 171 Å². The SMILES string of the molecule is O=C(c1c[nH]c2nc(-c3cn[nH]c3)ccc12)N1CCOCC1c1cccc(Cl)c1. The lowest BCUT2D eigenvalue weighted by Crippen LogP contribution is -2.43. The van der Waals surface area contributed by atoms with Crippen LogP contribution in [0.2, 0.25) is 5.02 Å². The molecule has 1 aliphatic rings. The van der Waals surface area contributed by atoms with Gasteiger partial charge >= 0.3 is 0 Å². The Kier molecular flexibility index (Phi) is 4.54. The molecule has 1 aliphatic heterocycles. The van der Waals surface area contributed by atoms with Crippen molar-refractivity contribution in [3.63, 3.8) is 0 Å². The van der Waals surface area contributed by atoms with Gasteiger partial charge in [-0.2, -0.15) is 5.10 Å². The average molecular weight is 408 g/mol. The van der Waals surface area contributed by atoms with Crippen LogP contribution < -0.4 is 0 Å². The first-order valence-electron chi connectivity index (χ1n) is 9.32. The van der Waals surface area contributed by atoms with E-state index in [1.165, 1.54) is 0 Å². The van der Waals surface area contributed by atoms with E-state index < -0.39 is 0 Å². The Morgan fingerprint density at radius 3 is 3.00 bits per heavy atom. The van der Waals surface area contributed by atoms with Gasteiger partial charge in [0.05, 0.1) is 36.7 Å². The van der Waals surface area contributed by atoms with Crippen LogP contribution in [0, 0.1) is 0 Å². The molecule has 7 nitrogen and oxygen atoms in total. The number of rotatable bonds is 3. The van der Waals surface area contributed by atoms with Crippen molar-refractivity contribution in [1.82, 2.24) is 25.1 Å². The van der Waals surface area contributed by atoms with Gasteiger partial charge < -0.3 is 14.6 Å². The number of ether oxygens (including phenoxy) is 1. The maximum Gasteiger partial charge on any atom is 0.256 e. The molecule has 1 fully saturated rings. The van der Waals surface area contributed by atoms with Crippen molar-refractivity contribution in [3.8, 4) is 11.3 Å². The van der Waals surface area contributed by atoms with Crippen molar-refractivity contribution in [2.75, 3.05) is 19.8 Å². The highest BCUT2D eigenvalue weighted by Crippen LogP contribution is 2.30.